The number of aliphatic hydroxyl groups is 2. The molecule has 0 radical (unpaired) electrons. The Morgan fingerprint density at radius 3 is 2.81 bits per heavy atom. The number of Topliss-reactive ketones (excluding diaryl/α,β-unsaturated/α-hetero) is 1. The molecule has 0 unspecified atom stereocenters. The number of benzene rings is 1. The molecule has 2 aromatic rings. The van der Waals surface area contributed by atoms with E-state index < -0.39 is 41.5 Å². The van der Waals surface area contributed by atoms with E-state index in [0.29, 0.717) is 12.8 Å². The maximum Gasteiger partial charge on any atom is 0.194 e. The normalized spacial score (nSPS) is 41.0. The number of anilines is 1. The van der Waals surface area contributed by atoms with Crippen LogP contribution >= 0.6 is 11.3 Å². The first-order valence-corrected chi connectivity index (χ1v) is 15.9. The zero-order valence-electron chi connectivity index (χ0n) is 24.3. The average molecular weight is 590 g/mol. The lowest BCUT2D eigenvalue weighted by Crippen LogP contribution is -2.63. The summed E-state index contributed by atoms with van der Waals surface area (Å²) in [7, 11) is 0. The summed E-state index contributed by atoms with van der Waals surface area (Å²) in [6.45, 7) is 5.69. The fourth-order valence-corrected chi connectivity index (χ4v) is 10.6. The number of fused-ring (bicyclic) bond motifs is 7. The Morgan fingerprint density at radius 2 is 2.05 bits per heavy atom. The monoisotopic (exact) mass is 589 g/mol. The first-order valence-electron chi connectivity index (χ1n) is 15.1. The van der Waals surface area contributed by atoms with Crippen molar-refractivity contribution in [2.45, 2.75) is 76.5 Å². The summed E-state index contributed by atoms with van der Waals surface area (Å²) in [5.74, 6) is -0.106. The molecule has 1 aromatic heterocycles. The van der Waals surface area contributed by atoms with Crippen LogP contribution in [0.5, 0.6) is 0 Å². The molecule has 0 amide bonds. The quantitative estimate of drug-likeness (QED) is 0.416. The molecular weight excluding hydrogens is 550 g/mol. The first-order chi connectivity index (χ1) is 20.0. The van der Waals surface area contributed by atoms with Crippen LogP contribution in [0.3, 0.4) is 0 Å². The van der Waals surface area contributed by atoms with Crippen LogP contribution in [0, 0.1) is 28.6 Å². The van der Waals surface area contributed by atoms with Gasteiger partial charge in [-0.15, -0.1) is 11.3 Å². The van der Waals surface area contributed by atoms with Crippen molar-refractivity contribution in [3.63, 3.8) is 0 Å². The van der Waals surface area contributed by atoms with E-state index in [2.05, 4.69) is 32.9 Å². The van der Waals surface area contributed by atoms with Crippen LogP contribution in [0.4, 0.5) is 5.69 Å². The summed E-state index contributed by atoms with van der Waals surface area (Å²) in [5, 5.41) is 22.1. The van der Waals surface area contributed by atoms with Crippen LogP contribution in [-0.4, -0.2) is 46.2 Å². The largest absolute Gasteiger partial charge is 0.399 e. The number of nitrogens with two attached hydrogens (primary N) is 1. The SMILES string of the molecule is C[C@H](c1cccc(N)c1)c1ccc([C@@H]2O[C@@H]3C[C@H]4[C@@H]5CCC6=CC(=O)C=C[C@]6(C)[C@H]5[C@@H](O)C[C@]4(C)[C@]3(C(=O)CO)O2)s1. The third-order valence-corrected chi connectivity index (χ3v) is 12.8. The van der Waals surface area contributed by atoms with E-state index in [9.17, 15) is 19.8 Å². The molecule has 1 saturated heterocycles. The topological polar surface area (TPSA) is 119 Å². The van der Waals surface area contributed by atoms with Crippen LogP contribution in [0.15, 0.2) is 60.2 Å². The molecule has 8 heteroatoms. The highest BCUT2D eigenvalue weighted by Crippen LogP contribution is 2.70. The minimum absolute atomic E-state index is 0.00539. The Labute approximate surface area is 250 Å². The number of allylic oxidation sites excluding steroid dienone is 4. The van der Waals surface area contributed by atoms with E-state index in [0.717, 1.165) is 39.4 Å². The molecule has 4 aliphatic carbocycles. The molecule has 4 fully saturated rings. The zero-order chi connectivity index (χ0) is 29.6. The van der Waals surface area contributed by atoms with E-state index in [4.69, 9.17) is 15.2 Å². The zero-order valence-corrected chi connectivity index (χ0v) is 25.1. The van der Waals surface area contributed by atoms with Crippen LogP contribution in [0.2, 0.25) is 0 Å². The van der Waals surface area contributed by atoms with Gasteiger partial charge in [0.1, 0.15) is 6.61 Å². The van der Waals surface area contributed by atoms with Gasteiger partial charge in [-0.3, -0.25) is 9.59 Å². The number of aliphatic hydroxyl groups excluding tert-OH is 2. The molecule has 222 valence electrons. The maximum atomic E-state index is 13.8. The van der Waals surface area contributed by atoms with Gasteiger partial charge in [0.25, 0.3) is 0 Å². The van der Waals surface area contributed by atoms with Crippen molar-refractivity contribution in [1.29, 1.82) is 0 Å². The fourth-order valence-electron chi connectivity index (χ4n) is 9.53. The van der Waals surface area contributed by atoms with Crippen molar-refractivity contribution in [1.82, 2.24) is 0 Å². The Balaban J connectivity index is 1.20. The molecular formula is C34H39NO6S. The van der Waals surface area contributed by atoms with Crippen LogP contribution < -0.4 is 5.73 Å². The Bertz CT molecular complexity index is 1510. The molecule has 1 aliphatic heterocycles. The molecule has 0 bridgehead atoms. The summed E-state index contributed by atoms with van der Waals surface area (Å²) < 4.78 is 13.4. The lowest BCUT2D eigenvalue weighted by atomic mass is 9.46. The molecule has 4 N–H and O–H groups in total. The number of nitrogen functional groups attached to an aromatic ring is 1. The minimum Gasteiger partial charge on any atom is -0.399 e. The van der Waals surface area contributed by atoms with Crippen molar-refractivity contribution in [2.24, 2.45) is 28.6 Å². The first kappa shape index (κ1) is 28.2. The number of hydrogen-bond donors (Lipinski definition) is 3. The van der Waals surface area contributed by atoms with E-state index in [1.807, 2.05) is 30.3 Å². The molecule has 2 heterocycles. The van der Waals surface area contributed by atoms with Crippen LogP contribution in [0.25, 0.3) is 0 Å². The van der Waals surface area contributed by atoms with Gasteiger partial charge >= 0.3 is 0 Å². The predicted octanol–water partition coefficient (Wildman–Crippen LogP) is 5.08. The van der Waals surface area contributed by atoms with Crippen LogP contribution in [-0.2, 0) is 19.1 Å². The van der Waals surface area contributed by atoms with Crippen LogP contribution in [0.1, 0.15) is 74.0 Å². The van der Waals surface area contributed by atoms with E-state index in [1.54, 1.807) is 23.5 Å². The van der Waals surface area contributed by atoms with Gasteiger partial charge in [0, 0.05) is 33.2 Å². The summed E-state index contributed by atoms with van der Waals surface area (Å²) in [6.07, 6.45) is 6.03. The minimum atomic E-state index is -1.35. The standard InChI is InChI=1S/C34H39NO6S/c1-18(19-5-4-6-21(35)13-19)26-9-10-27(42-26)31-40-29-15-24-23-8-7-20-14-22(37)11-12-32(20,2)30(23)25(38)16-33(24,3)34(29,41-31)28(39)17-36/h4-6,9-14,18,23-25,29-31,36,38H,7-8,15-17,35H2,1-3H3/t18-,23+,24+,25+,29-,30-,31-,32+,33+,34-/m1/s1. The van der Waals surface area contributed by atoms with Crippen molar-refractivity contribution in [2.75, 3.05) is 12.3 Å². The second kappa shape index (κ2) is 9.69. The summed E-state index contributed by atoms with van der Waals surface area (Å²) >= 11 is 1.60. The number of ketones is 2. The Hall–Kier alpha value is -2.62. The van der Waals surface area contributed by atoms with Crippen molar-refractivity contribution in [3.8, 4) is 0 Å². The number of thiophene rings is 1. The van der Waals surface area contributed by atoms with Gasteiger partial charge in [-0.05, 0) is 79.5 Å². The van der Waals surface area contributed by atoms with E-state index in [-0.39, 0.29) is 35.2 Å². The second-order valence-electron chi connectivity index (χ2n) is 13.5. The second-order valence-corrected chi connectivity index (χ2v) is 14.6. The van der Waals surface area contributed by atoms with Gasteiger partial charge in [0.15, 0.2) is 23.5 Å². The smallest absolute Gasteiger partial charge is 0.194 e. The maximum absolute atomic E-state index is 13.8. The van der Waals surface area contributed by atoms with Gasteiger partial charge in [0.2, 0.25) is 0 Å². The molecule has 42 heavy (non-hydrogen) atoms. The number of hydrogen-bond acceptors (Lipinski definition) is 8. The number of rotatable bonds is 5. The predicted molar refractivity (Wildman–Crippen MR) is 160 cm³/mol. The highest BCUT2D eigenvalue weighted by molar-refractivity contribution is 7.12. The van der Waals surface area contributed by atoms with Gasteiger partial charge in [0.05, 0.1) is 17.1 Å². The van der Waals surface area contributed by atoms with Crippen molar-refractivity contribution >= 4 is 28.6 Å². The molecule has 0 spiro atoms. The number of ether oxygens (including phenoxy) is 2. The third kappa shape index (κ3) is 3.78. The number of carbonyl (C=O) groups is 2. The molecule has 7 rings (SSSR count). The van der Waals surface area contributed by atoms with Gasteiger partial charge < -0.3 is 25.4 Å². The highest BCUT2D eigenvalue weighted by atomic mass is 32.1. The average Bonchev–Trinajstić information content (AvgIpc) is 3.65. The Morgan fingerprint density at radius 1 is 1.24 bits per heavy atom. The lowest BCUT2D eigenvalue weighted by molar-refractivity contribution is -0.200. The molecule has 5 aliphatic rings. The number of carbonyl (C=O) groups excluding carboxylic acids is 2. The Kier molecular flexibility index (Phi) is 6.50. The summed E-state index contributed by atoms with van der Waals surface area (Å²) in [4.78, 5) is 28.0. The summed E-state index contributed by atoms with van der Waals surface area (Å²) in [5.41, 5.74) is 6.50. The van der Waals surface area contributed by atoms with E-state index >= 15 is 0 Å². The molecule has 3 saturated carbocycles. The highest BCUT2D eigenvalue weighted by Gasteiger charge is 2.76. The summed E-state index contributed by atoms with van der Waals surface area (Å²) in [6, 6.07) is 12.0. The lowest BCUT2D eigenvalue weighted by Gasteiger charge is -2.59. The van der Waals surface area contributed by atoms with Crippen molar-refractivity contribution in [3.05, 3.63) is 75.5 Å². The van der Waals surface area contributed by atoms with Gasteiger partial charge in [-0.25, -0.2) is 0 Å². The molecule has 7 nitrogen and oxygen atoms in total. The third-order valence-electron chi connectivity index (χ3n) is 11.5. The van der Waals surface area contributed by atoms with E-state index in [1.165, 1.54) is 0 Å². The molecule has 10 atom stereocenters. The van der Waals surface area contributed by atoms with Crippen molar-refractivity contribution < 1.29 is 29.3 Å². The van der Waals surface area contributed by atoms with Gasteiger partial charge in [-0.1, -0.05) is 44.6 Å². The van der Waals surface area contributed by atoms with Gasteiger partial charge in [-0.2, -0.15) is 0 Å². The fraction of sp³-hybridized carbons (Fsp3) is 0.529. The molecule has 1 aromatic carbocycles.